The summed E-state index contributed by atoms with van der Waals surface area (Å²) in [5.74, 6) is -0.228. The molecule has 0 aromatic heterocycles. The van der Waals surface area contributed by atoms with Crippen molar-refractivity contribution in [1.29, 1.82) is 0 Å². The van der Waals surface area contributed by atoms with Crippen molar-refractivity contribution in [2.24, 2.45) is 0 Å². The molecule has 5 heteroatoms. The molecule has 0 heterocycles. The highest BCUT2D eigenvalue weighted by atomic mass is 79.9. The predicted molar refractivity (Wildman–Crippen MR) is 68.6 cm³/mol. The Balaban J connectivity index is 2.61. The molecule has 0 bridgehead atoms. The van der Waals surface area contributed by atoms with Crippen LogP contribution in [0.4, 0.5) is 0 Å². The SMILES string of the molecule is CC(CO)(CO)NC(=O)Cc1cccc(Br)c1. The fourth-order valence-corrected chi connectivity index (χ4v) is 1.79. The molecule has 0 unspecified atom stereocenters. The molecule has 1 amide bonds. The Hall–Kier alpha value is -0.910. The minimum atomic E-state index is -0.969. The minimum absolute atomic E-state index is 0.217. The van der Waals surface area contributed by atoms with E-state index >= 15 is 0 Å². The zero-order valence-corrected chi connectivity index (χ0v) is 11.2. The lowest BCUT2D eigenvalue weighted by Gasteiger charge is -2.26. The minimum Gasteiger partial charge on any atom is -0.394 e. The summed E-state index contributed by atoms with van der Waals surface area (Å²) in [4.78, 5) is 11.7. The number of hydrogen-bond acceptors (Lipinski definition) is 3. The summed E-state index contributed by atoms with van der Waals surface area (Å²) in [5.41, 5.74) is -0.0987. The zero-order chi connectivity index (χ0) is 12.9. The van der Waals surface area contributed by atoms with Crippen LogP contribution in [0, 0.1) is 0 Å². The molecular weight excluding hydrogens is 286 g/mol. The summed E-state index contributed by atoms with van der Waals surface area (Å²) < 4.78 is 0.912. The summed E-state index contributed by atoms with van der Waals surface area (Å²) in [5, 5.41) is 20.7. The van der Waals surface area contributed by atoms with Crippen LogP contribution in [0.5, 0.6) is 0 Å². The van der Waals surface area contributed by atoms with Gasteiger partial charge in [0.05, 0.1) is 25.2 Å². The van der Waals surface area contributed by atoms with E-state index in [9.17, 15) is 4.79 Å². The molecule has 0 saturated carbocycles. The number of aliphatic hydroxyl groups is 2. The van der Waals surface area contributed by atoms with E-state index in [-0.39, 0.29) is 25.5 Å². The first-order valence-electron chi connectivity index (χ1n) is 5.26. The molecule has 0 fully saturated rings. The van der Waals surface area contributed by atoms with Gasteiger partial charge in [-0.3, -0.25) is 4.79 Å². The van der Waals surface area contributed by atoms with Crippen LogP contribution < -0.4 is 5.32 Å². The summed E-state index contributed by atoms with van der Waals surface area (Å²) in [7, 11) is 0. The van der Waals surface area contributed by atoms with Crippen molar-refractivity contribution in [2.45, 2.75) is 18.9 Å². The third-order valence-corrected chi connectivity index (χ3v) is 2.89. The van der Waals surface area contributed by atoms with E-state index in [2.05, 4.69) is 21.2 Å². The third-order valence-electron chi connectivity index (χ3n) is 2.39. The maximum atomic E-state index is 11.7. The quantitative estimate of drug-likeness (QED) is 0.755. The number of rotatable bonds is 5. The van der Waals surface area contributed by atoms with Gasteiger partial charge < -0.3 is 15.5 Å². The van der Waals surface area contributed by atoms with Crippen molar-refractivity contribution < 1.29 is 15.0 Å². The van der Waals surface area contributed by atoms with E-state index in [1.807, 2.05) is 24.3 Å². The van der Waals surface area contributed by atoms with Crippen molar-refractivity contribution >= 4 is 21.8 Å². The molecule has 1 aromatic rings. The summed E-state index contributed by atoms with van der Waals surface area (Å²) >= 11 is 3.33. The molecule has 0 spiro atoms. The molecule has 1 rings (SSSR count). The number of hydrogen-bond donors (Lipinski definition) is 3. The number of carbonyl (C=O) groups is 1. The molecular formula is C12H16BrNO3. The highest BCUT2D eigenvalue weighted by molar-refractivity contribution is 9.10. The summed E-state index contributed by atoms with van der Waals surface area (Å²) in [6.45, 7) is 0.993. The number of nitrogens with one attached hydrogen (secondary N) is 1. The van der Waals surface area contributed by atoms with Gasteiger partial charge in [0.25, 0.3) is 0 Å². The van der Waals surface area contributed by atoms with Crippen LogP contribution in [-0.4, -0.2) is 34.9 Å². The van der Waals surface area contributed by atoms with Crippen LogP contribution in [0.15, 0.2) is 28.7 Å². The average Bonchev–Trinajstić information content (AvgIpc) is 2.28. The van der Waals surface area contributed by atoms with Gasteiger partial charge in [-0.15, -0.1) is 0 Å². The lowest BCUT2D eigenvalue weighted by molar-refractivity contribution is -0.123. The van der Waals surface area contributed by atoms with Crippen LogP contribution in [-0.2, 0) is 11.2 Å². The van der Waals surface area contributed by atoms with Crippen LogP contribution in [0.25, 0.3) is 0 Å². The number of aliphatic hydroxyl groups excluding tert-OH is 2. The first-order valence-corrected chi connectivity index (χ1v) is 6.05. The lowest BCUT2D eigenvalue weighted by Crippen LogP contribution is -2.52. The first kappa shape index (κ1) is 14.2. The predicted octanol–water partition coefficient (Wildman–Crippen LogP) is 0.851. The second-order valence-corrected chi connectivity index (χ2v) is 5.15. The highest BCUT2D eigenvalue weighted by Crippen LogP contribution is 2.12. The molecule has 0 atom stereocenters. The molecule has 3 N–H and O–H groups in total. The number of halogens is 1. The maximum absolute atomic E-state index is 11.7. The number of carbonyl (C=O) groups excluding carboxylic acids is 1. The Labute approximate surface area is 109 Å². The molecule has 0 radical (unpaired) electrons. The molecule has 0 aliphatic carbocycles. The van der Waals surface area contributed by atoms with Gasteiger partial charge in [0.15, 0.2) is 0 Å². The highest BCUT2D eigenvalue weighted by Gasteiger charge is 2.24. The topological polar surface area (TPSA) is 69.6 Å². The third kappa shape index (κ3) is 4.46. The lowest BCUT2D eigenvalue weighted by atomic mass is 10.0. The van der Waals surface area contributed by atoms with Crippen LogP contribution in [0.3, 0.4) is 0 Å². The summed E-state index contributed by atoms with van der Waals surface area (Å²) in [6.07, 6.45) is 0.217. The van der Waals surface area contributed by atoms with Crippen molar-refractivity contribution in [3.8, 4) is 0 Å². The van der Waals surface area contributed by atoms with Crippen LogP contribution >= 0.6 is 15.9 Å². The van der Waals surface area contributed by atoms with Crippen LogP contribution in [0.2, 0.25) is 0 Å². The fraction of sp³-hybridized carbons (Fsp3) is 0.417. The van der Waals surface area contributed by atoms with E-state index in [0.717, 1.165) is 10.0 Å². The first-order chi connectivity index (χ1) is 7.99. The molecule has 1 aromatic carbocycles. The van der Waals surface area contributed by atoms with E-state index in [1.165, 1.54) is 0 Å². The zero-order valence-electron chi connectivity index (χ0n) is 9.61. The smallest absolute Gasteiger partial charge is 0.225 e. The molecule has 94 valence electrons. The van der Waals surface area contributed by atoms with Crippen LogP contribution in [0.1, 0.15) is 12.5 Å². The normalized spacial score (nSPS) is 11.3. The Morgan fingerprint density at radius 2 is 2.06 bits per heavy atom. The van der Waals surface area contributed by atoms with E-state index in [1.54, 1.807) is 6.92 Å². The Morgan fingerprint density at radius 1 is 1.41 bits per heavy atom. The largest absolute Gasteiger partial charge is 0.394 e. The Kier molecular flexibility index (Phi) is 5.11. The van der Waals surface area contributed by atoms with Gasteiger partial charge in [0, 0.05) is 4.47 Å². The summed E-state index contributed by atoms with van der Waals surface area (Å²) in [6, 6.07) is 7.44. The van der Waals surface area contributed by atoms with Gasteiger partial charge in [-0.05, 0) is 24.6 Å². The van der Waals surface area contributed by atoms with Gasteiger partial charge in [-0.1, -0.05) is 28.1 Å². The van der Waals surface area contributed by atoms with Crippen molar-refractivity contribution in [1.82, 2.24) is 5.32 Å². The Bertz CT molecular complexity index is 391. The second kappa shape index (κ2) is 6.14. The van der Waals surface area contributed by atoms with E-state index in [0.29, 0.717) is 0 Å². The van der Waals surface area contributed by atoms with Gasteiger partial charge >= 0.3 is 0 Å². The van der Waals surface area contributed by atoms with E-state index in [4.69, 9.17) is 10.2 Å². The van der Waals surface area contributed by atoms with Gasteiger partial charge in [0.2, 0.25) is 5.91 Å². The van der Waals surface area contributed by atoms with Gasteiger partial charge in [-0.2, -0.15) is 0 Å². The monoisotopic (exact) mass is 301 g/mol. The molecule has 4 nitrogen and oxygen atoms in total. The molecule has 0 aliphatic rings. The van der Waals surface area contributed by atoms with Gasteiger partial charge in [0.1, 0.15) is 0 Å². The standard InChI is InChI=1S/C12H16BrNO3/c1-12(7-15,8-16)14-11(17)6-9-3-2-4-10(13)5-9/h2-5,15-16H,6-8H2,1H3,(H,14,17). The molecule has 17 heavy (non-hydrogen) atoms. The average molecular weight is 302 g/mol. The number of benzene rings is 1. The van der Waals surface area contributed by atoms with Crippen molar-refractivity contribution in [3.05, 3.63) is 34.3 Å². The number of amides is 1. The van der Waals surface area contributed by atoms with Crippen molar-refractivity contribution in [3.63, 3.8) is 0 Å². The van der Waals surface area contributed by atoms with Crippen molar-refractivity contribution in [2.75, 3.05) is 13.2 Å². The molecule has 0 saturated heterocycles. The van der Waals surface area contributed by atoms with E-state index < -0.39 is 5.54 Å². The fourth-order valence-electron chi connectivity index (χ4n) is 1.34. The molecule has 0 aliphatic heterocycles. The maximum Gasteiger partial charge on any atom is 0.225 e. The van der Waals surface area contributed by atoms with Gasteiger partial charge in [-0.25, -0.2) is 0 Å². The second-order valence-electron chi connectivity index (χ2n) is 4.23. The Morgan fingerprint density at radius 3 is 2.59 bits per heavy atom.